The molecule has 0 heterocycles. The molecule has 3 amide bonds. The number of nitrogens with two attached hydrogens (primary N) is 3. The van der Waals surface area contributed by atoms with E-state index >= 15 is 0 Å². The number of amides is 3. The first-order valence-corrected chi connectivity index (χ1v) is 16.8. The quantitative estimate of drug-likeness (QED) is 0.0369. The minimum Gasteiger partial charge on any atom is -0.480 e. The molecule has 0 aromatic heterocycles. The maximum absolute atomic E-state index is 13.7. The zero-order chi connectivity index (χ0) is 36.3. The highest BCUT2D eigenvalue weighted by atomic mass is 16.5. The topological polar surface area (TPSA) is 227 Å². The lowest BCUT2D eigenvalue weighted by molar-refractivity contribution is -0.137. The van der Waals surface area contributed by atoms with Crippen molar-refractivity contribution in [3.8, 4) is 0 Å². The molecule has 0 fully saturated rings. The number of unbranched alkanes of at least 4 members (excludes halogenated alkanes) is 2. The first kappa shape index (κ1) is 43.2. The third-order valence-electron chi connectivity index (χ3n) is 7.09. The normalized spacial score (nSPS) is 11.3. The largest absolute Gasteiger partial charge is 0.480 e. The van der Waals surface area contributed by atoms with Crippen molar-refractivity contribution >= 4 is 36.2 Å². The molecule has 1 aromatic rings. The molecule has 0 unspecified atom stereocenters. The van der Waals surface area contributed by atoms with Gasteiger partial charge in [0.05, 0.1) is 32.8 Å². The fourth-order valence-electron chi connectivity index (χ4n) is 4.57. The van der Waals surface area contributed by atoms with Gasteiger partial charge in [-0.2, -0.15) is 5.10 Å². The van der Waals surface area contributed by atoms with E-state index in [1.807, 2.05) is 26.0 Å². The molecule has 0 saturated carbocycles. The third kappa shape index (κ3) is 20.3. The van der Waals surface area contributed by atoms with Crippen molar-refractivity contribution in [2.45, 2.75) is 39.5 Å². The Bertz CT molecular complexity index is 1150. The van der Waals surface area contributed by atoms with Gasteiger partial charge in [-0.25, -0.2) is 9.79 Å². The van der Waals surface area contributed by atoms with E-state index in [1.54, 1.807) is 17.0 Å². The molecule has 8 N–H and O–H groups in total. The van der Waals surface area contributed by atoms with Gasteiger partial charge in [0.1, 0.15) is 6.54 Å². The van der Waals surface area contributed by atoms with E-state index in [9.17, 15) is 19.5 Å². The summed E-state index contributed by atoms with van der Waals surface area (Å²) in [6.45, 7) is 12.5. The number of aliphatic imine (C=N–C) groups is 1. The van der Waals surface area contributed by atoms with Gasteiger partial charge in [-0.15, -0.1) is 5.10 Å². The highest BCUT2D eigenvalue weighted by molar-refractivity contribution is 6.01. The average molecular weight is 691 g/mol. The van der Waals surface area contributed by atoms with Gasteiger partial charge < -0.3 is 46.9 Å². The first-order chi connectivity index (χ1) is 23.6. The van der Waals surface area contributed by atoms with Crippen LogP contribution in [0.15, 0.2) is 39.5 Å². The summed E-state index contributed by atoms with van der Waals surface area (Å²) in [5, 5.41) is 20.6. The number of hydrogen-bond donors (Lipinski definition) is 5. The maximum Gasteiger partial charge on any atom is 0.323 e. The number of amidine groups is 1. The fourth-order valence-corrected chi connectivity index (χ4v) is 4.57. The van der Waals surface area contributed by atoms with Crippen molar-refractivity contribution < 1.29 is 29.0 Å². The molecule has 49 heavy (non-hydrogen) atoms. The predicted molar refractivity (Wildman–Crippen MR) is 193 cm³/mol. The van der Waals surface area contributed by atoms with Crippen molar-refractivity contribution in [1.29, 1.82) is 0 Å². The number of aliphatic carboxylic acids is 1. The Hall–Kier alpha value is -3.80. The van der Waals surface area contributed by atoms with Crippen molar-refractivity contribution in [1.82, 2.24) is 20.0 Å². The zero-order valence-corrected chi connectivity index (χ0v) is 29.4. The maximum atomic E-state index is 13.7. The Kier molecular flexibility index (Phi) is 23.9. The second-order valence-corrected chi connectivity index (χ2v) is 11.4. The number of carboxylic acids is 1. The van der Waals surface area contributed by atoms with E-state index in [0.717, 1.165) is 29.7 Å². The van der Waals surface area contributed by atoms with E-state index in [2.05, 4.69) is 32.1 Å². The van der Waals surface area contributed by atoms with Crippen LogP contribution in [0.3, 0.4) is 0 Å². The minimum absolute atomic E-state index is 0.125. The predicted octanol–water partition coefficient (Wildman–Crippen LogP) is 0.379. The SMILES string of the molecule is C=N/C(=N\N=C(C)C)c1ccc(CC(=O)NCCN(CCN(CCOCCN)CCOCCN)C(=O)N(CCCCCN)CC(=O)O)cc1. The number of benzene rings is 1. The van der Waals surface area contributed by atoms with Gasteiger partial charge in [-0.3, -0.25) is 14.5 Å². The molecule has 0 atom stereocenters. The summed E-state index contributed by atoms with van der Waals surface area (Å²) in [7, 11) is 0. The summed E-state index contributed by atoms with van der Waals surface area (Å²) in [5.41, 5.74) is 19.0. The van der Waals surface area contributed by atoms with E-state index in [0.29, 0.717) is 84.5 Å². The van der Waals surface area contributed by atoms with Crippen LogP contribution in [0, 0.1) is 0 Å². The molecule has 0 aliphatic carbocycles. The standard InChI is InChI=1S/C33H58N10O6/c1-27(2)39-40-32(37-3)29-9-7-28(8-10-29)25-30(44)38-14-16-42(33(47)43(26-31(45)46)15-6-4-5-11-34)18-17-41(19-23-48-21-12-35)20-24-49-22-13-36/h7-10H,3-6,11-26,34-36H2,1-2H3,(H,38,44)(H,45,46)/b40-32-. The van der Waals surface area contributed by atoms with Gasteiger partial charge in [0.25, 0.3) is 0 Å². The van der Waals surface area contributed by atoms with Crippen LogP contribution in [0.25, 0.3) is 0 Å². The zero-order valence-electron chi connectivity index (χ0n) is 29.4. The number of hydrogen-bond acceptors (Lipinski definition) is 11. The van der Waals surface area contributed by atoms with Crippen LogP contribution < -0.4 is 22.5 Å². The average Bonchev–Trinajstić information content (AvgIpc) is 3.07. The number of nitrogens with one attached hydrogen (secondary N) is 1. The molecule has 0 radical (unpaired) electrons. The van der Waals surface area contributed by atoms with Gasteiger partial charge in [-0.1, -0.05) is 30.7 Å². The van der Waals surface area contributed by atoms with Gasteiger partial charge in [-0.05, 0) is 45.5 Å². The first-order valence-electron chi connectivity index (χ1n) is 16.8. The molecule has 1 aromatic carbocycles. The third-order valence-corrected chi connectivity index (χ3v) is 7.09. The molecule has 16 nitrogen and oxygen atoms in total. The molecule has 1 rings (SSSR count). The van der Waals surface area contributed by atoms with E-state index in [4.69, 9.17) is 26.7 Å². The summed E-state index contributed by atoms with van der Waals surface area (Å²) in [6, 6.07) is 6.82. The summed E-state index contributed by atoms with van der Waals surface area (Å²) in [5.74, 6) is -0.942. The van der Waals surface area contributed by atoms with Crippen molar-refractivity contribution in [3.63, 3.8) is 0 Å². The van der Waals surface area contributed by atoms with E-state index in [1.165, 1.54) is 4.90 Å². The Balaban J connectivity index is 2.98. The Morgan fingerprint density at radius 3 is 2.00 bits per heavy atom. The molecular formula is C33H58N10O6. The number of rotatable bonds is 27. The second kappa shape index (κ2) is 27.1. The molecule has 276 valence electrons. The lowest BCUT2D eigenvalue weighted by Gasteiger charge is -2.32. The van der Waals surface area contributed by atoms with E-state index in [-0.39, 0.29) is 32.0 Å². The van der Waals surface area contributed by atoms with Gasteiger partial charge >= 0.3 is 12.0 Å². The van der Waals surface area contributed by atoms with Crippen LogP contribution in [0.4, 0.5) is 4.79 Å². The summed E-state index contributed by atoms with van der Waals surface area (Å²) >= 11 is 0. The van der Waals surface area contributed by atoms with Crippen molar-refractivity contribution in [3.05, 3.63) is 35.4 Å². The van der Waals surface area contributed by atoms with Crippen LogP contribution in [-0.2, 0) is 25.5 Å². The Labute approximate surface area is 290 Å². The summed E-state index contributed by atoms with van der Waals surface area (Å²) in [4.78, 5) is 47.2. The van der Waals surface area contributed by atoms with Gasteiger partial charge in [0.2, 0.25) is 5.91 Å². The number of urea groups is 1. The van der Waals surface area contributed by atoms with Gasteiger partial charge in [0.15, 0.2) is 5.84 Å². The van der Waals surface area contributed by atoms with E-state index < -0.39 is 18.5 Å². The summed E-state index contributed by atoms with van der Waals surface area (Å²) < 4.78 is 11.1. The molecule has 0 aliphatic heterocycles. The molecule has 0 spiro atoms. The number of carbonyl (C=O) groups excluding carboxylic acids is 2. The number of carbonyl (C=O) groups is 3. The second-order valence-electron chi connectivity index (χ2n) is 11.4. The smallest absolute Gasteiger partial charge is 0.323 e. The van der Waals surface area contributed by atoms with Crippen molar-refractivity contribution in [2.24, 2.45) is 32.4 Å². The lowest BCUT2D eigenvalue weighted by atomic mass is 10.1. The number of nitrogens with zero attached hydrogens (tertiary/aromatic N) is 6. The Morgan fingerprint density at radius 2 is 1.45 bits per heavy atom. The Morgan fingerprint density at radius 1 is 0.796 bits per heavy atom. The molecule has 0 saturated heterocycles. The van der Waals surface area contributed by atoms with Crippen LogP contribution in [0.2, 0.25) is 0 Å². The summed E-state index contributed by atoms with van der Waals surface area (Å²) in [6.07, 6.45) is 2.32. The van der Waals surface area contributed by atoms with Crippen LogP contribution in [-0.4, -0.2) is 154 Å². The lowest BCUT2D eigenvalue weighted by Crippen LogP contribution is -2.50. The number of ether oxygens (including phenoxy) is 2. The molecular weight excluding hydrogens is 632 g/mol. The highest BCUT2D eigenvalue weighted by Gasteiger charge is 2.23. The molecule has 0 aliphatic rings. The van der Waals surface area contributed by atoms with Crippen LogP contribution in [0.1, 0.15) is 44.2 Å². The molecule has 0 bridgehead atoms. The highest BCUT2D eigenvalue weighted by Crippen LogP contribution is 2.09. The molecule has 16 heteroatoms. The monoisotopic (exact) mass is 690 g/mol. The number of carboxylic acid groups (broad SMARTS) is 1. The van der Waals surface area contributed by atoms with Crippen molar-refractivity contribution in [2.75, 3.05) is 98.4 Å². The minimum atomic E-state index is -1.10. The van der Waals surface area contributed by atoms with Gasteiger partial charge in [0, 0.05) is 70.2 Å². The fraction of sp³-hybridized carbons (Fsp3) is 0.636. The van der Waals surface area contributed by atoms with Crippen LogP contribution in [0.5, 0.6) is 0 Å². The van der Waals surface area contributed by atoms with Crippen LogP contribution >= 0.6 is 0 Å².